The molecule has 1 atom stereocenters. The molecule has 0 radical (unpaired) electrons. The van der Waals surface area contributed by atoms with Gasteiger partial charge in [-0.15, -0.1) is 0 Å². The first-order valence-electron chi connectivity index (χ1n) is 7.77. The SMILES string of the molecule is CCCC(C)(CNC(C)C)Cc1cc(C)ccc1OC. The van der Waals surface area contributed by atoms with Crippen molar-refractivity contribution in [1.82, 2.24) is 5.32 Å². The average molecular weight is 277 g/mol. The molecule has 1 aromatic rings. The van der Waals surface area contributed by atoms with Gasteiger partial charge in [0, 0.05) is 12.6 Å². The minimum atomic E-state index is 0.278. The molecule has 20 heavy (non-hydrogen) atoms. The summed E-state index contributed by atoms with van der Waals surface area (Å²) in [5.41, 5.74) is 2.91. The van der Waals surface area contributed by atoms with E-state index in [1.165, 1.54) is 24.0 Å². The van der Waals surface area contributed by atoms with Gasteiger partial charge in [-0.2, -0.15) is 0 Å². The molecule has 0 aromatic heterocycles. The first kappa shape index (κ1) is 17.0. The maximum atomic E-state index is 5.53. The molecule has 0 aliphatic heterocycles. The standard InChI is InChI=1S/C18H31NO/c1-7-10-18(5,13-19-14(2)3)12-16-11-15(4)8-9-17(16)20-6/h8-9,11,14,19H,7,10,12-13H2,1-6H3. The maximum Gasteiger partial charge on any atom is 0.122 e. The second-order valence-corrected chi connectivity index (χ2v) is 6.59. The molecule has 0 saturated heterocycles. The Morgan fingerprint density at radius 1 is 1.30 bits per heavy atom. The molecule has 0 fully saturated rings. The molecule has 0 aliphatic carbocycles. The molecule has 0 saturated carbocycles. The Hall–Kier alpha value is -1.02. The fourth-order valence-electron chi connectivity index (χ4n) is 2.80. The van der Waals surface area contributed by atoms with Crippen molar-refractivity contribution in [3.05, 3.63) is 29.3 Å². The fourth-order valence-corrected chi connectivity index (χ4v) is 2.80. The average Bonchev–Trinajstić information content (AvgIpc) is 2.37. The molecule has 0 heterocycles. The third kappa shape index (κ3) is 5.16. The van der Waals surface area contributed by atoms with E-state index in [1.54, 1.807) is 7.11 Å². The van der Waals surface area contributed by atoms with E-state index in [0.29, 0.717) is 6.04 Å². The van der Waals surface area contributed by atoms with Crippen molar-refractivity contribution in [1.29, 1.82) is 0 Å². The zero-order chi connectivity index (χ0) is 15.2. The maximum absolute atomic E-state index is 5.53. The van der Waals surface area contributed by atoms with E-state index in [9.17, 15) is 0 Å². The first-order chi connectivity index (χ1) is 9.40. The molecule has 1 rings (SSSR count). The molecule has 0 spiro atoms. The zero-order valence-electron chi connectivity index (χ0n) is 14.0. The normalized spacial score (nSPS) is 14.3. The van der Waals surface area contributed by atoms with Crippen LogP contribution in [0.15, 0.2) is 18.2 Å². The lowest BCUT2D eigenvalue weighted by Crippen LogP contribution is -2.37. The lowest BCUT2D eigenvalue weighted by Gasteiger charge is -2.31. The van der Waals surface area contributed by atoms with E-state index in [-0.39, 0.29) is 5.41 Å². The minimum absolute atomic E-state index is 0.278. The van der Waals surface area contributed by atoms with E-state index in [2.05, 4.69) is 58.1 Å². The van der Waals surface area contributed by atoms with Crippen molar-refractivity contribution < 1.29 is 4.74 Å². The van der Waals surface area contributed by atoms with E-state index in [0.717, 1.165) is 18.7 Å². The van der Waals surface area contributed by atoms with Crippen LogP contribution in [0.3, 0.4) is 0 Å². The van der Waals surface area contributed by atoms with Gasteiger partial charge < -0.3 is 10.1 Å². The van der Waals surface area contributed by atoms with Crippen LogP contribution in [0.25, 0.3) is 0 Å². The highest BCUT2D eigenvalue weighted by Crippen LogP contribution is 2.32. The fraction of sp³-hybridized carbons (Fsp3) is 0.667. The van der Waals surface area contributed by atoms with Crippen molar-refractivity contribution >= 4 is 0 Å². The number of hydrogen-bond acceptors (Lipinski definition) is 2. The van der Waals surface area contributed by atoms with Gasteiger partial charge in [0.2, 0.25) is 0 Å². The number of nitrogens with one attached hydrogen (secondary N) is 1. The highest BCUT2D eigenvalue weighted by Gasteiger charge is 2.25. The Morgan fingerprint density at radius 3 is 2.55 bits per heavy atom. The van der Waals surface area contributed by atoms with Crippen molar-refractivity contribution in [2.24, 2.45) is 5.41 Å². The smallest absolute Gasteiger partial charge is 0.122 e. The molecule has 1 aromatic carbocycles. The molecule has 2 heteroatoms. The van der Waals surface area contributed by atoms with Crippen LogP contribution in [-0.4, -0.2) is 19.7 Å². The molecular formula is C18H31NO. The number of ether oxygens (including phenoxy) is 1. The Balaban J connectivity index is 2.91. The number of aryl methyl sites for hydroxylation is 1. The van der Waals surface area contributed by atoms with Gasteiger partial charge in [0.25, 0.3) is 0 Å². The third-order valence-corrected chi connectivity index (χ3v) is 3.84. The van der Waals surface area contributed by atoms with Crippen LogP contribution in [0, 0.1) is 12.3 Å². The summed E-state index contributed by atoms with van der Waals surface area (Å²) in [5, 5.41) is 3.60. The molecular weight excluding hydrogens is 246 g/mol. The molecule has 0 aliphatic rings. The van der Waals surface area contributed by atoms with Crippen LogP contribution >= 0.6 is 0 Å². The second kappa shape index (κ2) is 7.68. The number of rotatable bonds is 8. The van der Waals surface area contributed by atoms with Gasteiger partial charge in [-0.3, -0.25) is 0 Å². The number of benzene rings is 1. The molecule has 0 amide bonds. The molecule has 2 nitrogen and oxygen atoms in total. The Kier molecular flexibility index (Phi) is 6.54. The summed E-state index contributed by atoms with van der Waals surface area (Å²) < 4.78 is 5.53. The summed E-state index contributed by atoms with van der Waals surface area (Å²) in [4.78, 5) is 0. The lowest BCUT2D eigenvalue weighted by molar-refractivity contribution is 0.263. The van der Waals surface area contributed by atoms with E-state index < -0.39 is 0 Å². The summed E-state index contributed by atoms with van der Waals surface area (Å²) in [6.45, 7) is 12.3. The van der Waals surface area contributed by atoms with Crippen LogP contribution in [0.4, 0.5) is 0 Å². The van der Waals surface area contributed by atoms with Crippen LogP contribution in [-0.2, 0) is 6.42 Å². The van der Waals surface area contributed by atoms with Gasteiger partial charge in [-0.25, -0.2) is 0 Å². The van der Waals surface area contributed by atoms with Crippen LogP contribution < -0.4 is 10.1 Å². The molecule has 0 bridgehead atoms. The van der Waals surface area contributed by atoms with Crippen LogP contribution in [0.1, 0.15) is 51.7 Å². The van der Waals surface area contributed by atoms with Gasteiger partial charge in [0.05, 0.1) is 7.11 Å². The molecule has 1 N–H and O–H groups in total. The lowest BCUT2D eigenvalue weighted by atomic mass is 9.79. The summed E-state index contributed by atoms with van der Waals surface area (Å²) in [7, 11) is 1.76. The van der Waals surface area contributed by atoms with Gasteiger partial charge in [-0.05, 0) is 36.8 Å². The van der Waals surface area contributed by atoms with Crippen molar-refractivity contribution in [2.45, 2.75) is 59.9 Å². The number of hydrogen-bond donors (Lipinski definition) is 1. The third-order valence-electron chi connectivity index (χ3n) is 3.84. The van der Waals surface area contributed by atoms with Gasteiger partial charge in [0.1, 0.15) is 5.75 Å². The summed E-state index contributed by atoms with van der Waals surface area (Å²) in [6, 6.07) is 7.01. The van der Waals surface area contributed by atoms with Gasteiger partial charge >= 0.3 is 0 Å². The Morgan fingerprint density at radius 2 is 2.00 bits per heavy atom. The predicted molar refractivity (Wildman–Crippen MR) is 87.6 cm³/mol. The van der Waals surface area contributed by atoms with Crippen molar-refractivity contribution in [3.8, 4) is 5.75 Å². The largest absolute Gasteiger partial charge is 0.496 e. The van der Waals surface area contributed by atoms with Crippen LogP contribution in [0.5, 0.6) is 5.75 Å². The zero-order valence-corrected chi connectivity index (χ0v) is 14.0. The number of methoxy groups -OCH3 is 1. The Bertz CT molecular complexity index is 414. The minimum Gasteiger partial charge on any atom is -0.496 e. The Labute approximate surface area is 124 Å². The highest BCUT2D eigenvalue weighted by molar-refractivity contribution is 5.37. The monoisotopic (exact) mass is 277 g/mol. The van der Waals surface area contributed by atoms with Gasteiger partial charge in [0.15, 0.2) is 0 Å². The molecule has 1 unspecified atom stereocenters. The second-order valence-electron chi connectivity index (χ2n) is 6.59. The topological polar surface area (TPSA) is 21.3 Å². The summed E-state index contributed by atoms with van der Waals surface area (Å²) >= 11 is 0. The van der Waals surface area contributed by atoms with Crippen LogP contribution in [0.2, 0.25) is 0 Å². The van der Waals surface area contributed by atoms with Gasteiger partial charge in [-0.1, -0.05) is 51.8 Å². The highest BCUT2D eigenvalue weighted by atomic mass is 16.5. The van der Waals surface area contributed by atoms with Crippen molar-refractivity contribution in [3.63, 3.8) is 0 Å². The van der Waals surface area contributed by atoms with Crippen molar-refractivity contribution in [2.75, 3.05) is 13.7 Å². The quantitative estimate of drug-likeness (QED) is 0.762. The first-order valence-corrected chi connectivity index (χ1v) is 7.77. The van der Waals surface area contributed by atoms with E-state index >= 15 is 0 Å². The van der Waals surface area contributed by atoms with E-state index in [1.807, 2.05) is 0 Å². The summed E-state index contributed by atoms with van der Waals surface area (Å²) in [6.07, 6.45) is 3.50. The van der Waals surface area contributed by atoms with E-state index in [4.69, 9.17) is 4.74 Å². The summed E-state index contributed by atoms with van der Waals surface area (Å²) in [5.74, 6) is 1.02. The molecule has 114 valence electrons. The predicted octanol–water partition coefficient (Wildman–Crippen LogP) is 4.35.